The predicted octanol–water partition coefficient (Wildman–Crippen LogP) is 8.86. The van der Waals surface area contributed by atoms with Crippen LogP contribution in [0.1, 0.15) is 135 Å². The van der Waals surface area contributed by atoms with Gasteiger partial charge < -0.3 is 4.90 Å². The summed E-state index contributed by atoms with van der Waals surface area (Å²) in [5.74, 6) is 0. The third kappa shape index (κ3) is 12.9. The van der Waals surface area contributed by atoms with Gasteiger partial charge in [-0.05, 0) is 44.0 Å². The van der Waals surface area contributed by atoms with Gasteiger partial charge in [-0.1, -0.05) is 134 Å². The van der Waals surface area contributed by atoms with Gasteiger partial charge in [0.25, 0.3) is 0 Å². The highest BCUT2D eigenvalue weighted by atomic mass is 15.3. The lowest BCUT2D eigenvalue weighted by Crippen LogP contribution is -2.28. The van der Waals surface area contributed by atoms with Crippen molar-refractivity contribution in [2.45, 2.75) is 136 Å². The molecule has 1 aromatic heterocycles. The molecule has 0 amide bonds. The average Bonchev–Trinajstić information content (AvgIpc) is 3.34. The number of hydrogen-bond acceptors (Lipinski definition) is 3. The maximum Gasteiger partial charge on any atom is 0.116 e. The molecule has 1 N–H and O–H groups in total. The van der Waals surface area contributed by atoms with Gasteiger partial charge in [-0.25, -0.2) is 0 Å². The number of aromatic nitrogens is 3. The summed E-state index contributed by atoms with van der Waals surface area (Å²) in [5.41, 5.74) is 3.44. The zero-order valence-corrected chi connectivity index (χ0v) is 22.6. The number of unbranched alkanes of at least 4 members (excludes halogenated alkanes) is 16. The molecule has 0 aliphatic heterocycles. The van der Waals surface area contributed by atoms with Crippen LogP contribution in [0, 0.1) is 0 Å². The van der Waals surface area contributed by atoms with Crippen LogP contribution in [0.4, 0.5) is 0 Å². The smallest absolute Gasteiger partial charge is 0.116 e. The number of benzene rings is 1. The van der Waals surface area contributed by atoms with Crippen molar-refractivity contribution in [2.75, 3.05) is 19.6 Å². The third-order valence-corrected chi connectivity index (χ3v) is 7.29. The summed E-state index contributed by atoms with van der Waals surface area (Å²) >= 11 is 0. The zero-order chi connectivity index (χ0) is 24.1. The first-order valence-electron chi connectivity index (χ1n) is 14.9. The topological polar surface area (TPSA) is 44.8 Å². The summed E-state index contributed by atoms with van der Waals surface area (Å²) in [5, 5.41) is 11.3. The first kappa shape index (κ1) is 28.8. The normalized spacial score (nSPS) is 11.7. The van der Waals surface area contributed by atoms with E-state index >= 15 is 0 Å². The Hall–Kier alpha value is -1.42. The average molecular weight is 471 g/mol. The molecule has 0 radical (unpaired) electrons. The Morgan fingerprint density at radius 3 is 1.65 bits per heavy atom. The fourth-order valence-corrected chi connectivity index (χ4v) is 5.04. The number of hydrogen-bond donors (Lipinski definition) is 1. The molecule has 0 fully saturated rings. The molecule has 0 saturated carbocycles. The van der Waals surface area contributed by atoms with Gasteiger partial charge in [0.1, 0.15) is 5.52 Å². The van der Waals surface area contributed by atoms with Crippen molar-refractivity contribution in [2.24, 2.45) is 0 Å². The molecule has 0 atom stereocenters. The maximum atomic E-state index is 4.32. The minimum absolute atomic E-state index is 1.05. The van der Waals surface area contributed by atoms with Gasteiger partial charge in [0.15, 0.2) is 0 Å². The molecule has 1 aromatic carbocycles. The van der Waals surface area contributed by atoms with Crippen LogP contribution in [0.3, 0.4) is 0 Å². The highest BCUT2D eigenvalue weighted by Gasteiger charge is 2.09. The maximum absolute atomic E-state index is 4.32. The summed E-state index contributed by atoms with van der Waals surface area (Å²) in [6.07, 6.45) is 26.3. The second kappa shape index (κ2) is 19.8. The van der Waals surface area contributed by atoms with Crippen LogP contribution in [0.15, 0.2) is 18.2 Å². The van der Waals surface area contributed by atoms with E-state index in [1.807, 2.05) is 0 Å². The number of nitrogens with zero attached hydrogens (tertiary/aromatic N) is 3. The van der Waals surface area contributed by atoms with E-state index in [-0.39, 0.29) is 0 Å². The number of nitrogens with one attached hydrogen (secondary N) is 1. The van der Waals surface area contributed by atoms with Crippen LogP contribution in [-0.2, 0) is 6.42 Å². The Morgan fingerprint density at radius 1 is 0.618 bits per heavy atom. The van der Waals surface area contributed by atoms with E-state index in [9.17, 15) is 0 Å². The molecule has 34 heavy (non-hydrogen) atoms. The van der Waals surface area contributed by atoms with Crippen LogP contribution < -0.4 is 0 Å². The van der Waals surface area contributed by atoms with Crippen molar-refractivity contribution >= 4 is 11.0 Å². The summed E-state index contributed by atoms with van der Waals surface area (Å²) in [6.45, 7) is 8.24. The van der Waals surface area contributed by atoms with Gasteiger partial charge in [-0.15, -0.1) is 5.10 Å². The number of rotatable bonds is 23. The molecule has 4 nitrogen and oxygen atoms in total. The summed E-state index contributed by atoms with van der Waals surface area (Å²) in [4.78, 5) is 2.72. The summed E-state index contributed by atoms with van der Waals surface area (Å²) < 4.78 is 0. The largest absolute Gasteiger partial charge is 0.303 e. The monoisotopic (exact) mass is 470 g/mol. The Morgan fingerprint density at radius 2 is 1.12 bits per heavy atom. The van der Waals surface area contributed by atoms with E-state index in [4.69, 9.17) is 0 Å². The Balaban J connectivity index is 1.66. The van der Waals surface area contributed by atoms with Crippen LogP contribution >= 0.6 is 0 Å². The molecule has 0 spiro atoms. The van der Waals surface area contributed by atoms with Crippen molar-refractivity contribution < 1.29 is 0 Å². The molecule has 4 heteroatoms. The molecular formula is C30H54N4. The Bertz CT molecular complexity index is 689. The number of aromatic amines is 1. The fourth-order valence-electron chi connectivity index (χ4n) is 5.04. The van der Waals surface area contributed by atoms with E-state index in [1.54, 1.807) is 0 Å². The molecule has 2 rings (SSSR count). The van der Waals surface area contributed by atoms with Crippen molar-refractivity contribution in [1.82, 2.24) is 20.3 Å². The lowest BCUT2D eigenvalue weighted by molar-refractivity contribution is 0.263. The quantitative estimate of drug-likeness (QED) is 0.165. The van der Waals surface area contributed by atoms with Crippen molar-refractivity contribution in [3.63, 3.8) is 0 Å². The zero-order valence-electron chi connectivity index (χ0n) is 22.6. The van der Waals surface area contributed by atoms with Gasteiger partial charge >= 0.3 is 0 Å². The lowest BCUT2D eigenvalue weighted by Gasteiger charge is -2.22. The van der Waals surface area contributed by atoms with Crippen molar-refractivity contribution in [3.05, 3.63) is 23.8 Å². The molecular weight excluding hydrogens is 416 g/mol. The second-order valence-electron chi connectivity index (χ2n) is 10.4. The van der Waals surface area contributed by atoms with Crippen LogP contribution in [0.5, 0.6) is 0 Å². The minimum Gasteiger partial charge on any atom is -0.303 e. The minimum atomic E-state index is 1.05. The van der Waals surface area contributed by atoms with E-state index in [0.717, 1.165) is 24.0 Å². The van der Waals surface area contributed by atoms with Crippen LogP contribution in [0.2, 0.25) is 0 Å². The first-order valence-corrected chi connectivity index (χ1v) is 14.9. The van der Waals surface area contributed by atoms with Gasteiger partial charge in [-0.2, -0.15) is 0 Å². The molecule has 194 valence electrons. The molecule has 0 bridgehead atoms. The van der Waals surface area contributed by atoms with Crippen LogP contribution in [0.25, 0.3) is 11.0 Å². The molecule has 0 saturated heterocycles. The lowest BCUT2D eigenvalue weighted by atomic mass is 10.1. The van der Waals surface area contributed by atoms with E-state index < -0.39 is 0 Å². The van der Waals surface area contributed by atoms with Crippen molar-refractivity contribution in [3.8, 4) is 0 Å². The van der Waals surface area contributed by atoms with E-state index in [0.29, 0.717) is 0 Å². The van der Waals surface area contributed by atoms with E-state index in [1.165, 1.54) is 134 Å². The van der Waals surface area contributed by atoms with Gasteiger partial charge in [0, 0.05) is 6.54 Å². The molecule has 0 aliphatic carbocycles. The number of H-pyrrole nitrogens is 1. The predicted molar refractivity (Wildman–Crippen MR) is 148 cm³/mol. The molecule has 1 heterocycles. The summed E-state index contributed by atoms with van der Waals surface area (Å²) in [6, 6.07) is 6.42. The highest BCUT2D eigenvalue weighted by molar-refractivity contribution is 5.77. The van der Waals surface area contributed by atoms with Crippen LogP contribution in [-0.4, -0.2) is 39.9 Å². The third-order valence-electron chi connectivity index (χ3n) is 7.29. The Kier molecular flexibility index (Phi) is 16.8. The number of fused-ring (bicyclic) bond motifs is 1. The first-order chi connectivity index (χ1) is 16.8. The molecule has 2 aromatic rings. The Labute approximate surface area is 210 Å². The van der Waals surface area contributed by atoms with Gasteiger partial charge in [0.05, 0.1) is 5.52 Å². The highest BCUT2D eigenvalue weighted by Crippen LogP contribution is 2.16. The van der Waals surface area contributed by atoms with E-state index in [2.05, 4.69) is 52.4 Å². The van der Waals surface area contributed by atoms with Gasteiger partial charge in [-0.3, -0.25) is 5.10 Å². The SMILES string of the molecule is CCCCCCCCCCCN(CCCCCCCCCCC)CCc1cccc2[nH]nnc12. The molecule has 0 aliphatic rings. The fraction of sp³-hybridized carbons (Fsp3) is 0.800. The molecule has 0 unspecified atom stereocenters. The summed E-state index contributed by atoms with van der Waals surface area (Å²) in [7, 11) is 0. The van der Waals surface area contributed by atoms with Crippen molar-refractivity contribution in [1.29, 1.82) is 0 Å². The second-order valence-corrected chi connectivity index (χ2v) is 10.4. The van der Waals surface area contributed by atoms with Gasteiger partial charge in [0.2, 0.25) is 0 Å². The standard InChI is InChI=1S/C30H54N4/c1-3-5-7-9-11-13-15-17-19-25-34(26-20-18-16-14-12-10-8-6-4-2)27-24-28-22-21-23-29-30(28)32-33-31-29/h21-23H,3-20,24-27H2,1-2H3,(H,31,32,33).